The van der Waals surface area contributed by atoms with Crippen molar-refractivity contribution in [3.05, 3.63) is 261 Å². The molecule has 12 aromatic carbocycles. The number of benzene rings is 12. The maximum Gasteiger partial charge on any atom is 0.238 e. The van der Waals surface area contributed by atoms with Crippen molar-refractivity contribution in [1.82, 2.24) is 24.1 Å². The molecular formula is C69H43N5. The van der Waals surface area contributed by atoms with Crippen LogP contribution in [0.3, 0.4) is 0 Å². The second-order valence-corrected chi connectivity index (χ2v) is 19.1. The number of aromatic nitrogens is 5. The number of hydrogen-bond donors (Lipinski definition) is 0. The van der Waals surface area contributed by atoms with Crippen molar-refractivity contribution < 1.29 is 0 Å². The predicted octanol–water partition coefficient (Wildman–Crippen LogP) is 17.9. The molecule has 0 saturated heterocycles. The van der Waals surface area contributed by atoms with Gasteiger partial charge in [0, 0.05) is 38.2 Å². The summed E-state index contributed by atoms with van der Waals surface area (Å²) in [7, 11) is 0. The summed E-state index contributed by atoms with van der Waals surface area (Å²) < 4.78 is 4.70. The molecule has 74 heavy (non-hydrogen) atoms. The van der Waals surface area contributed by atoms with E-state index in [-0.39, 0.29) is 0 Å². The lowest BCUT2D eigenvalue weighted by Crippen LogP contribution is -2.06. The van der Waals surface area contributed by atoms with Crippen molar-refractivity contribution in [2.24, 2.45) is 0 Å². The molecular weight excluding hydrogens is 899 g/mol. The van der Waals surface area contributed by atoms with E-state index in [2.05, 4.69) is 234 Å². The zero-order valence-corrected chi connectivity index (χ0v) is 40.1. The Morgan fingerprint density at radius 3 is 1.32 bits per heavy atom. The molecule has 0 fully saturated rings. The molecule has 0 unspecified atom stereocenters. The summed E-state index contributed by atoms with van der Waals surface area (Å²) in [5, 5.41) is 12.3. The average molecular weight is 942 g/mol. The second-order valence-electron chi connectivity index (χ2n) is 19.1. The lowest BCUT2D eigenvalue weighted by atomic mass is 9.91. The molecule has 0 N–H and O–H groups in total. The zero-order chi connectivity index (χ0) is 48.7. The molecule has 3 aromatic heterocycles. The Balaban J connectivity index is 0.899. The van der Waals surface area contributed by atoms with Crippen molar-refractivity contribution in [3.8, 4) is 67.8 Å². The van der Waals surface area contributed by atoms with Gasteiger partial charge in [-0.2, -0.15) is 9.97 Å². The summed E-state index contributed by atoms with van der Waals surface area (Å²) in [6, 6.07) is 93.7. The van der Waals surface area contributed by atoms with Gasteiger partial charge in [0.1, 0.15) is 0 Å². The van der Waals surface area contributed by atoms with Crippen molar-refractivity contribution >= 4 is 75.9 Å². The molecule has 5 nitrogen and oxygen atoms in total. The maximum atomic E-state index is 5.25. The van der Waals surface area contributed by atoms with Gasteiger partial charge in [0.05, 0.1) is 27.8 Å². The highest BCUT2D eigenvalue weighted by molar-refractivity contribution is 6.27. The van der Waals surface area contributed by atoms with E-state index in [4.69, 9.17) is 15.0 Å². The Morgan fingerprint density at radius 2 is 0.689 bits per heavy atom. The van der Waals surface area contributed by atoms with E-state index in [1.165, 1.54) is 59.8 Å². The van der Waals surface area contributed by atoms with Crippen LogP contribution >= 0.6 is 0 Å². The fourth-order valence-electron chi connectivity index (χ4n) is 11.6. The molecule has 0 atom stereocenters. The zero-order valence-electron chi connectivity index (χ0n) is 40.1. The van der Waals surface area contributed by atoms with Crippen LogP contribution in [-0.4, -0.2) is 24.1 Å². The van der Waals surface area contributed by atoms with Crippen LogP contribution in [0.5, 0.6) is 0 Å². The van der Waals surface area contributed by atoms with E-state index in [1.807, 2.05) is 36.4 Å². The molecule has 15 rings (SSSR count). The number of nitrogens with zero attached hydrogens (tertiary/aromatic N) is 5. The van der Waals surface area contributed by atoms with Gasteiger partial charge in [-0.05, 0) is 103 Å². The Morgan fingerprint density at radius 1 is 0.243 bits per heavy atom. The quantitative estimate of drug-likeness (QED) is 0.150. The topological polar surface area (TPSA) is 48.5 Å². The third kappa shape index (κ3) is 6.60. The van der Waals surface area contributed by atoms with Gasteiger partial charge in [-0.1, -0.05) is 218 Å². The Hall–Kier alpha value is -9.97. The van der Waals surface area contributed by atoms with Crippen LogP contribution in [0.2, 0.25) is 0 Å². The highest BCUT2D eigenvalue weighted by Crippen LogP contribution is 2.44. The molecule has 5 heteroatoms. The van der Waals surface area contributed by atoms with Crippen LogP contribution in [0, 0.1) is 0 Å². The molecule has 344 valence electrons. The second kappa shape index (κ2) is 16.8. The van der Waals surface area contributed by atoms with E-state index >= 15 is 0 Å². The van der Waals surface area contributed by atoms with Gasteiger partial charge >= 0.3 is 0 Å². The van der Waals surface area contributed by atoms with Gasteiger partial charge in [0.2, 0.25) is 5.95 Å². The summed E-state index contributed by atoms with van der Waals surface area (Å²) in [5.41, 5.74) is 14.2. The lowest BCUT2D eigenvalue weighted by molar-refractivity contribution is 0.953. The third-order valence-electron chi connectivity index (χ3n) is 14.9. The number of para-hydroxylation sites is 3. The molecule has 0 bridgehead atoms. The van der Waals surface area contributed by atoms with Gasteiger partial charge in [-0.25, -0.2) is 4.98 Å². The minimum atomic E-state index is 0.565. The fourth-order valence-corrected chi connectivity index (χ4v) is 11.6. The Labute approximate surface area is 426 Å². The van der Waals surface area contributed by atoms with E-state index in [0.29, 0.717) is 17.6 Å². The Bertz CT molecular complexity index is 4630. The average Bonchev–Trinajstić information content (AvgIpc) is 4.00. The van der Waals surface area contributed by atoms with Gasteiger partial charge < -0.3 is 4.57 Å². The van der Waals surface area contributed by atoms with Crippen molar-refractivity contribution in [1.29, 1.82) is 0 Å². The minimum absolute atomic E-state index is 0.565. The SMILES string of the molecule is c1ccc(-c2nc(-c3ccccc3)nc(-n3c4ccccc4c4c3ccc3c5ccccc5n(-c5ccccc5-c5cccc(-c6cccc(-c7ccc8c9ccccc9c9ccccc9c8c7)c6)c5)c34)n2)cc1. The summed E-state index contributed by atoms with van der Waals surface area (Å²) in [5.74, 6) is 1.80. The largest absolute Gasteiger partial charge is 0.308 e. The van der Waals surface area contributed by atoms with Gasteiger partial charge in [0.25, 0.3) is 0 Å². The molecule has 0 aliphatic carbocycles. The van der Waals surface area contributed by atoms with E-state index < -0.39 is 0 Å². The number of hydrogen-bond acceptors (Lipinski definition) is 3. The molecule has 0 aliphatic rings. The van der Waals surface area contributed by atoms with Crippen LogP contribution in [0.15, 0.2) is 261 Å². The van der Waals surface area contributed by atoms with Crippen LogP contribution < -0.4 is 0 Å². The molecule has 0 saturated carbocycles. The van der Waals surface area contributed by atoms with Crippen molar-refractivity contribution in [2.75, 3.05) is 0 Å². The molecule has 0 aliphatic heterocycles. The van der Waals surface area contributed by atoms with Crippen LogP contribution in [0.1, 0.15) is 0 Å². The highest BCUT2D eigenvalue weighted by Gasteiger charge is 2.24. The number of rotatable bonds is 7. The summed E-state index contributed by atoms with van der Waals surface area (Å²) in [6.07, 6.45) is 0. The fraction of sp³-hybridized carbons (Fsp3) is 0. The number of fused-ring (bicyclic) bond motifs is 13. The predicted molar refractivity (Wildman–Crippen MR) is 308 cm³/mol. The van der Waals surface area contributed by atoms with Crippen molar-refractivity contribution in [3.63, 3.8) is 0 Å². The first-order chi connectivity index (χ1) is 36.7. The summed E-state index contributed by atoms with van der Waals surface area (Å²) in [4.78, 5) is 15.5. The van der Waals surface area contributed by atoms with Crippen LogP contribution in [-0.2, 0) is 0 Å². The third-order valence-corrected chi connectivity index (χ3v) is 14.9. The first-order valence-electron chi connectivity index (χ1n) is 25.2. The molecule has 15 aromatic rings. The molecule has 0 spiro atoms. The Kier molecular flexibility index (Phi) is 9.50. The van der Waals surface area contributed by atoms with E-state index in [1.54, 1.807) is 0 Å². The standard InChI is InChI=1S/C69H43N5/c1-3-19-44(20-4-1)67-70-68(45-21-5-2-6-22-45)72-69(71-67)74-63-36-16-13-33-59(63)65-64(74)40-39-58-57-32-12-15-35-62(57)73(66(58)65)61-34-14-11-27-51(61)50-26-18-25-48(42-50)46-23-17-24-47(41-46)49-37-38-56-54-30-8-7-28-52(54)53-29-9-10-31-55(53)60(56)43-49/h1-43H. The first kappa shape index (κ1) is 41.8. The minimum Gasteiger partial charge on any atom is -0.308 e. The van der Waals surface area contributed by atoms with Crippen LogP contribution in [0.4, 0.5) is 0 Å². The first-order valence-corrected chi connectivity index (χ1v) is 25.2. The van der Waals surface area contributed by atoms with Crippen molar-refractivity contribution in [2.45, 2.75) is 0 Å². The maximum absolute atomic E-state index is 5.25. The monoisotopic (exact) mass is 941 g/mol. The molecule has 3 heterocycles. The van der Waals surface area contributed by atoms with Gasteiger partial charge in [0.15, 0.2) is 11.6 Å². The van der Waals surface area contributed by atoms with Gasteiger partial charge in [-0.15, -0.1) is 0 Å². The smallest absolute Gasteiger partial charge is 0.238 e. The highest BCUT2D eigenvalue weighted by atomic mass is 15.2. The molecule has 0 radical (unpaired) electrons. The van der Waals surface area contributed by atoms with E-state index in [0.717, 1.165) is 66.3 Å². The summed E-state index contributed by atoms with van der Waals surface area (Å²) in [6.45, 7) is 0. The summed E-state index contributed by atoms with van der Waals surface area (Å²) >= 11 is 0. The van der Waals surface area contributed by atoms with Gasteiger partial charge in [-0.3, -0.25) is 4.57 Å². The normalized spacial score (nSPS) is 11.8. The lowest BCUT2D eigenvalue weighted by Gasteiger charge is -2.16. The molecule has 0 amide bonds. The van der Waals surface area contributed by atoms with E-state index in [9.17, 15) is 0 Å². The van der Waals surface area contributed by atoms with Crippen LogP contribution in [0.25, 0.3) is 144 Å².